The van der Waals surface area contributed by atoms with Crippen LogP contribution < -0.4 is 5.43 Å². The standard InChI is InChI=1S/C8H8N2O3S/c11-5-8-10-9-6-3-1-2-4-7(6)14(8,12)13/h1-4,9,11H,5H2. The third-order valence-electron chi connectivity index (χ3n) is 1.92. The van der Waals surface area contributed by atoms with Gasteiger partial charge in [0.15, 0.2) is 5.04 Å². The van der Waals surface area contributed by atoms with E-state index in [9.17, 15) is 8.42 Å². The third-order valence-corrected chi connectivity index (χ3v) is 3.70. The fourth-order valence-electron chi connectivity index (χ4n) is 1.22. The van der Waals surface area contributed by atoms with Crippen molar-refractivity contribution >= 4 is 20.6 Å². The van der Waals surface area contributed by atoms with Gasteiger partial charge in [0, 0.05) is 0 Å². The van der Waals surface area contributed by atoms with Gasteiger partial charge in [-0.2, -0.15) is 5.10 Å². The monoisotopic (exact) mass is 212 g/mol. The maximum absolute atomic E-state index is 11.7. The Labute approximate surface area is 81.0 Å². The number of sulfone groups is 1. The molecule has 0 aromatic heterocycles. The van der Waals surface area contributed by atoms with E-state index in [2.05, 4.69) is 10.5 Å². The van der Waals surface area contributed by atoms with Crippen molar-refractivity contribution < 1.29 is 13.5 Å². The van der Waals surface area contributed by atoms with Crippen molar-refractivity contribution in [2.45, 2.75) is 4.90 Å². The molecule has 0 radical (unpaired) electrons. The lowest BCUT2D eigenvalue weighted by atomic mass is 10.3. The molecule has 0 aliphatic carbocycles. The SMILES string of the molecule is O=S1(=O)C(CO)=NNc2ccccc21. The van der Waals surface area contributed by atoms with Gasteiger partial charge in [0.05, 0.1) is 17.2 Å². The Morgan fingerprint density at radius 3 is 2.79 bits per heavy atom. The molecule has 1 aromatic carbocycles. The molecule has 0 saturated heterocycles. The molecule has 2 rings (SSSR count). The lowest BCUT2D eigenvalue weighted by Gasteiger charge is -2.15. The predicted octanol–water partition coefficient (Wildman–Crippen LogP) is 0.192. The fourth-order valence-corrected chi connectivity index (χ4v) is 2.47. The highest BCUT2D eigenvalue weighted by Crippen LogP contribution is 2.26. The van der Waals surface area contributed by atoms with Crippen molar-refractivity contribution in [1.29, 1.82) is 0 Å². The molecule has 6 heteroatoms. The molecule has 1 aromatic rings. The van der Waals surface area contributed by atoms with Crippen LogP contribution in [0.25, 0.3) is 0 Å². The van der Waals surface area contributed by atoms with E-state index in [0.29, 0.717) is 5.69 Å². The largest absolute Gasteiger partial charge is 0.389 e. The van der Waals surface area contributed by atoms with E-state index in [0.717, 1.165) is 0 Å². The van der Waals surface area contributed by atoms with Gasteiger partial charge in [-0.15, -0.1) is 0 Å². The van der Waals surface area contributed by atoms with Gasteiger partial charge in [-0.1, -0.05) is 12.1 Å². The molecule has 0 saturated carbocycles. The molecule has 5 nitrogen and oxygen atoms in total. The summed E-state index contributed by atoms with van der Waals surface area (Å²) in [5.41, 5.74) is 3.00. The van der Waals surface area contributed by atoms with Gasteiger partial charge in [-0.05, 0) is 12.1 Å². The number of hydrogen-bond acceptors (Lipinski definition) is 5. The number of para-hydroxylation sites is 1. The molecule has 0 atom stereocenters. The minimum absolute atomic E-state index is 0.152. The Hall–Kier alpha value is -1.40. The van der Waals surface area contributed by atoms with Crippen LogP contribution in [0.4, 0.5) is 5.69 Å². The van der Waals surface area contributed by atoms with E-state index in [1.165, 1.54) is 6.07 Å². The maximum Gasteiger partial charge on any atom is 0.226 e. The summed E-state index contributed by atoms with van der Waals surface area (Å²) < 4.78 is 23.4. The van der Waals surface area contributed by atoms with Gasteiger partial charge in [0.1, 0.15) is 0 Å². The van der Waals surface area contributed by atoms with Gasteiger partial charge < -0.3 is 5.11 Å². The first-order chi connectivity index (χ1) is 6.66. The molecule has 0 bridgehead atoms. The van der Waals surface area contributed by atoms with Crippen molar-refractivity contribution in [3.05, 3.63) is 24.3 Å². The number of nitrogens with one attached hydrogen (secondary N) is 1. The Balaban J connectivity index is 2.66. The molecule has 74 valence electrons. The lowest BCUT2D eigenvalue weighted by molar-refractivity contribution is 0.359. The van der Waals surface area contributed by atoms with Crippen LogP contribution in [0.15, 0.2) is 34.3 Å². The van der Waals surface area contributed by atoms with Crippen molar-refractivity contribution in [2.24, 2.45) is 5.10 Å². The zero-order valence-corrected chi connectivity index (χ0v) is 7.95. The van der Waals surface area contributed by atoms with E-state index in [1.807, 2.05) is 0 Å². The Morgan fingerprint density at radius 1 is 1.36 bits per heavy atom. The molecule has 0 spiro atoms. The fraction of sp³-hybridized carbons (Fsp3) is 0.125. The number of hydrazone groups is 1. The summed E-state index contributed by atoms with van der Waals surface area (Å²) in [4.78, 5) is 0.152. The van der Waals surface area contributed by atoms with Gasteiger partial charge >= 0.3 is 0 Å². The van der Waals surface area contributed by atoms with Crippen molar-refractivity contribution in [1.82, 2.24) is 0 Å². The second-order valence-electron chi connectivity index (χ2n) is 2.78. The number of aliphatic hydroxyl groups is 1. The van der Waals surface area contributed by atoms with E-state index in [-0.39, 0.29) is 9.94 Å². The molecule has 2 N–H and O–H groups in total. The first kappa shape index (κ1) is 9.17. The van der Waals surface area contributed by atoms with Crippen LogP contribution in [0, 0.1) is 0 Å². The number of fused-ring (bicyclic) bond motifs is 1. The minimum Gasteiger partial charge on any atom is -0.389 e. The smallest absolute Gasteiger partial charge is 0.226 e. The van der Waals surface area contributed by atoms with Gasteiger partial charge in [-0.3, -0.25) is 5.43 Å². The summed E-state index contributed by atoms with van der Waals surface area (Å²) in [5, 5.41) is 12.1. The quantitative estimate of drug-likeness (QED) is 0.696. The number of rotatable bonds is 1. The highest BCUT2D eigenvalue weighted by molar-refractivity contribution is 8.06. The van der Waals surface area contributed by atoms with Crippen LogP contribution in [0.3, 0.4) is 0 Å². The zero-order valence-electron chi connectivity index (χ0n) is 7.14. The average molecular weight is 212 g/mol. The number of hydrogen-bond donors (Lipinski definition) is 2. The second kappa shape index (κ2) is 3.07. The highest BCUT2D eigenvalue weighted by Gasteiger charge is 2.28. The predicted molar refractivity (Wildman–Crippen MR) is 51.8 cm³/mol. The van der Waals surface area contributed by atoms with Crippen LogP contribution in [-0.2, 0) is 9.84 Å². The van der Waals surface area contributed by atoms with E-state index >= 15 is 0 Å². The molecule has 0 fully saturated rings. The molecule has 1 heterocycles. The molecule has 0 unspecified atom stereocenters. The summed E-state index contributed by atoms with van der Waals surface area (Å²) in [7, 11) is -3.60. The molecular weight excluding hydrogens is 204 g/mol. The summed E-state index contributed by atoms with van der Waals surface area (Å²) in [6.45, 7) is -0.594. The van der Waals surface area contributed by atoms with Crippen molar-refractivity contribution in [3.8, 4) is 0 Å². The van der Waals surface area contributed by atoms with Gasteiger partial charge in [0.25, 0.3) is 0 Å². The van der Waals surface area contributed by atoms with E-state index < -0.39 is 16.4 Å². The van der Waals surface area contributed by atoms with Crippen LogP contribution in [0.5, 0.6) is 0 Å². The first-order valence-corrected chi connectivity index (χ1v) is 5.42. The summed E-state index contributed by atoms with van der Waals surface area (Å²) in [6.07, 6.45) is 0. The Kier molecular flexibility index (Phi) is 2.01. The molecule has 1 aliphatic heterocycles. The topological polar surface area (TPSA) is 78.8 Å². The van der Waals surface area contributed by atoms with Crippen molar-refractivity contribution in [3.63, 3.8) is 0 Å². The van der Waals surface area contributed by atoms with Crippen LogP contribution >= 0.6 is 0 Å². The molecule has 1 aliphatic rings. The third kappa shape index (κ3) is 1.19. The molecule has 14 heavy (non-hydrogen) atoms. The summed E-state index contributed by atoms with van der Waals surface area (Å²) >= 11 is 0. The zero-order chi connectivity index (χ0) is 10.2. The highest BCUT2D eigenvalue weighted by atomic mass is 32.2. The normalized spacial score (nSPS) is 17.9. The summed E-state index contributed by atoms with van der Waals surface area (Å²) in [5.74, 6) is 0. The van der Waals surface area contributed by atoms with Crippen LogP contribution in [0.1, 0.15) is 0 Å². The van der Waals surface area contributed by atoms with E-state index in [1.54, 1.807) is 18.2 Å². The average Bonchev–Trinajstić information content (AvgIpc) is 2.18. The Morgan fingerprint density at radius 2 is 2.07 bits per heavy atom. The van der Waals surface area contributed by atoms with Gasteiger partial charge in [-0.25, -0.2) is 8.42 Å². The van der Waals surface area contributed by atoms with Crippen LogP contribution in [0.2, 0.25) is 0 Å². The van der Waals surface area contributed by atoms with E-state index in [4.69, 9.17) is 5.11 Å². The molecular formula is C8H8N2O3S. The maximum atomic E-state index is 11.7. The summed E-state index contributed by atoms with van der Waals surface area (Å²) in [6, 6.07) is 6.42. The second-order valence-corrected chi connectivity index (χ2v) is 4.69. The first-order valence-electron chi connectivity index (χ1n) is 3.94. The number of benzene rings is 1. The number of anilines is 1. The lowest BCUT2D eigenvalue weighted by Crippen LogP contribution is -2.24. The minimum atomic E-state index is -3.60. The van der Waals surface area contributed by atoms with Crippen molar-refractivity contribution in [2.75, 3.05) is 12.0 Å². The van der Waals surface area contributed by atoms with Gasteiger partial charge in [0.2, 0.25) is 9.84 Å². The Bertz CT molecular complexity index is 493. The number of aliphatic hydroxyl groups excluding tert-OH is 1. The molecule has 0 amide bonds. The number of nitrogens with zero attached hydrogens (tertiary/aromatic N) is 1. The van der Waals surface area contributed by atoms with Crippen LogP contribution in [-0.4, -0.2) is 25.2 Å².